The predicted octanol–water partition coefficient (Wildman–Crippen LogP) is -3.64. The Morgan fingerprint density at radius 1 is 1.43 bits per heavy atom. The fourth-order valence-corrected chi connectivity index (χ4v) is 0. The van der Waals surface area contributed by atoms with Gasteiger partial charge >= 0.3 is 58.8 Å². The zero-order valence-corrected chi connectivity index (χ0v) is 7.42. The molecule has 0 aliphatic heterocycles. The quantitative estimate of drug-likeness (QED) is 0.332. The molecule has 0 saturated heterocycles. The summed E-state index contributed by atoms with van der Waals surface area (Å²) in [6.45, 7) is 0. The van der Waals surface area contributed by atoms with Crippen molar-refractivity contribution in [2.24, 2.45) is 0 Å². The van der Waals surface area contributed by atoms with Gasteiger partial charge in [-0.3, -0.25) is 0 Å². The summed E-state index contributed by atoms with van der Waals surface area (Å²) in [5.74, 6) is 0. The summed E-state index contributed by atoms with van der Waals surface area (Å²) in [5, 5.41) is 13.9. The molecule has 0 amide bonds. The summed E-state index contributed by atoms with van der Waals surface area (Å²) in [5.41, 5.74) is 0. The molecule has 0 aromatic rings. The maximum absolute atomic E-state index is 8.56. The van der Waals surface area contributed by atoms with Gasteiger partial charge in [0.2, 0.25) is 0 Å². The maximum atomic E-state index is 8.56. The Hall–Kier alpha value is 0.996. The monoisotopic (exact) mass is 130 g/mol. The molecule has 0 fully saturated rings. The molecule has 7 heavy (non-hydrogen) atoms. The predicted molar refractivity (Wildman–Crippen MR) is 23.4 cm³/mol. The Bertz CT molecular complexity index is 43.5. The van der Waals surface area contributed by atoms with Crippen molar-refractivity contribution in [2.45, 2.75) is 0 Å². The molecule has 38 valence electrons. The largest absolute Gasteiger partial charge is 2.00 e. The first-order valence-electron chi connectivity index (χ1n) is 0.651. The summed E-state index contributed by atoms with van der Waals surface area (Å²) in [6.07, 6.45) is -1.83. The molecule has 0 atom stereocenters. The van der Waals surface area contributed by atoms with Crippen LogP contribution in [0.3, 0.4) is 0 Å². The normalized spacial score (nSPS) is 3.43. The molecule has 0 aromatic heterocycles. The second-order valence-corrected chi connectivity index (χ2v) is 0.283. The number of carbonyl (C=O) groups is 1. The first-order chi connectivity index (χ1) is 1.73. The Balaban J connectivity index is -0.00000000300. The van der Waals surface area contributed by atoms with Gasteiger partial charge in [-0.25, -0.2) is 4.79 Å². The molecule has 0 unspecified atom stereocenters. The minimum absolute atomic E-state index is 0. The van der Waals surface area contributed by atoms with Gasteiger partial charge in [0, 0.05) is 0 Å². The number of hydrogen-bond acceptors (Lipinski definition) is 1. The van der Waals surface area contributed by atoms with E-state index in [0.29, 0.717) is 0 Å². The van der Waals surface area contributed by atoms with Crippen LogP contribution in [-0.4, -0.2) is 44.9 Å². The molecule has 4 nitrogen and oxygen atoms in total. The zero-order chi connectivity index (χ0) is 3.58. The molecule has 0 bridgehead atoms. The van der Waals surface area contributed by atoms with Gasteiger partial charge in [-0.1, -0.05) is 0 Å². The second kappa shape index (κ2) is 15.8. The van der Waals surface area contributed by atoms with Gasteiger partial charge < -0.3 is 20.0 Å². The minimum atomic E-state index is -1.83. The van der Waals surface area contributed by atoms with Gasteiger partial charge in [0.1, 0.15) is 0 Å². The van der Waals surface area contributed by atoms with Crippen molar-refractivity contribution in [1.29, 1.82) is 0 Å². The summed E-state index contributed by atoms with van der Waals surface area (Å²) >= 11 is 0. The molecule has 0 heterocycles. The average molecular weight is 130 g/mol. The smallest absolute Gasteiger partial charge is 1.00 e. The van der Waals surface area contributed by atoms with Gasteiger partial charge in [-0.2, -0.15) is 0 Å². The third kappa shape index (κ3) is 176. The SMILES string of the molecule is O.O=C(O)O.[H-].[H-].[H-].[Mg+2].[Na+]. The van der Waals surface area contributed by atoms with Crippen LogP contribution in [0, 0.1) is 0 Å². The topological polar surface area (TPSA) is 89.0 Å². The van der Waals surface area contributed by atoms with Crippen LogP contribution in [-0.2, 0) is 0 Å². The third-order valence-corrected chi connectivity index (χ3v) is 0. The Kier molecular flexibility index (Phi) is 55.1. The molecular formula is CH7MgNaO4. The van der Waals surface area contributed by atoms with E-state index in [0.717, 1.165) is 0 Å². The van der Waals surface area contributed by atoms with Crippen molar-refractivity contribution in [3.05, 3.63) is 0 Å². The Morgan fingerprint density at radius 2 is 1.43 bits per heavy atom. The van der Waals surface area contributed by atoms with Crippen molar-refractivity contribution in [3.8, 4) is 0 Å². The van der Waals surface area contributed by atoms with E-state index in [1.54, 1.807) is 0 Å². The van der Waals surface area contributed by atoms with Gasteiger partial charge in [0.05, 0.1) is 0 Å². The summed E-state index contributed by atoms with van der Waals surface area (Å²) in [4.78, 5) is 8.56. The number of rotatable bonds is 0. The second-order valence-electron chi connectivity index (χ2n) is 0.283. The molecule has 0 radical (unpaired) electrons. The molecule has 0 aliphatic carbocycles. The van der Waals surface area contributed by atoms with Crippen molar-refractivity contribution in [1.82, 2.24) is 0 Å². The molecular weight excluding hydrogens is 123 g/mol. The molecule has 0 spiro atoms. The molecule has 6 heteroatoms. The molecule has 0 aromatic carbocycles. The standard InChI is InChI=1S/CH2O3.Mg.Na.H2O.3H/c2-1(3)4;;;;;;/h(H2,2,3,4);;;1H2;;;/q;+2;+1;;3*-1. The van der Waals surface area contributed by atoms with E-state index in [4.69, 9.17) is 15.0 Å². The summed E-state index contributed by atoms with van der Waals surface area (Å²) in [7, 11) is 0. The fraction of sp³-hybridized carbons (Fsp3) is 0. The van der Waals surface area contributed by atoms with E-state index in [2.05, 4.69) is 0 Å². The van der Waals surface area contributed by atoms with E-state index < -0.39 is 6.16 Å². The maximum Gasteiger partial charge on any atom is 2.00 e. The first kappa shape index (κ1) is 24.5. The van der Waals surface area contributed by atoms with E-state index in [-0.39, 0.29) is 62.4 Å². The van der Waals surface area contributed by atoms with Crippen LogP contribution in [0.4, 0.5) is 4.79 Å². The first-order valence-corrected chi connectivity index (χ1v) is 0.651. The van der Waals surface area contributed by atoms with Crippen LogP contribution in [0.1, 0.15) is 4.28 Å². The van der Waals surface area contributed by atoms with Crippen molar-refractivity contribution in [2.75, 3.05) is 0 Å². The summed E-state index contributed by atoms with van der Waals surface area (Å²) in [6, 6.07) is 0. The van der Waals surface area contributed by atoms with Crippen LogP contribution >= 0.6 is 0 Å². The van der Waals surface area contributed by atoms with E-state index in [1.807, 2.05) is 0 Å². The van der Waals surface area contributed by atoms with Gasteiger partial charge in [-0.05, 0) is 0 Å². The Morgan fingerprint density at radius 3 is 1.43 bits per heavy atom. The van der Waals surface area contributed by atoms with Crippen molar-refractivity contribution in [3.63, 3.8) is 0 Å². The Labute approximate surface area is 83.1 Å². The molecule has 0 aliphatic rings. The molecule has 0 saturated carbocycles. The molecule has 0 rings (SSSR count). The fourth-order valence-electron chi connectivity index (χ4n) is 0. The van der Waals surface area contributed by atoms with Crippen LogP contribution in [0.2, 0.25) is 0 Å². The van der Waals surface area contributed by atoms with Crippen LogP contribution in [0.5, 0.6) is 0 Å². The zero-order valence-electron chi connectivity index (χ0n) is 7.01. The molecule has 4 N–H and O–H groups in total. The van der Waals surface area contributed by atoms with E-state index in [9.17, 15) is 0 Å². The minimum Gasteiger partial charge on any atom is -1.00 e. The van der Waals surface area contributed by atoms with Crippen LogP contribution < -0.4 is 29.6 Å². The number of hydrogen-bond donors (Lipinski definition) is 2. The summed E-state index contributed by atoms with van der Waals surface area (Å²) < 4.78 is 0. The van der Waals surface area contributed by atoms with E-state index >= 15 is 0 Å². The van der Waals surface area contributed by atoms with Gasteiger partial charge in [-0.15, -0.1) is 0 Å². The van der Waals surface area contributed by atoms with Crippen LogP contribution in [0.15, 0.2) is 0 Å². The van der Waals surface area contributed by atoms with Crippen molar-refractivity contribution >= 4 is 29.2 Å². The van der Waals surface area contributed by atoms with E-state index in [1.165, 1.54) is 0 Å². The van der Waals surface area contributed by atoms with Crippen molar-refractivity contribution < 1.29 is 54.3 Å². The average Bonchev–Trinajstić information content (AvgIpc) is 0.811. The van der Waals surface area contributed by atoms with Crippen LogP contribution in [0.25, 0.3) is 0 Å². The third-order valence-electron chi connectivity index (χ3n) is 0. The van der Waals surface area contributed by atoms with Gasteiger partial charge in [0.15, 0.2) is 0 Å². The number of carboxylic acid groups (broad SMARTS) is 2. The van der Waals surface area contributed by atoms with Gasteiger partial charge in [0.25, 0.3) is 0 Å².